The highest BCUT2D eigenvalue weighted by molar-refractivity contribution is 7.13. The Morgan fingerprint density at radius 3 is 2.79 bits per heavy atom. The van der Waals surface area contributed by atoms with Crippen LogP contribution in [-0.2, 0) is 20.9 Å². The zero-order valence-electron chi connectivity index (χ0n) is 17.8. The normalized spacial score (nSPS) is 17.7. The molecule has 3 aromatic rings. The van der Waals surface area contributed by atoms with Crippen LogP contribution in [-0.4, -0.2) is 60.5 Å². The van der Waals surface area contributed by atoms with Gasteiger partial charge in [0.05, 0.1) is 39.1 Å². The largest absolute Gasteiger partial charge is 0.324 e. The first-order valence-electron chi connectivity index (χ1n) is 10.3. The lowest BCUT2D eigenvalue weighted by Crippen LogP contribution is -2.54. The number of benzene rings is 1. The molecule has 4 heterocycles. The van der Waals surface area contributed by atoms with Crippen LogP contribution in [0.15, 0.2) is 29.9 Å². The van der Waals surface area contributed by atoms with Gasteiger partial charge in [-0.1, -0.05) is 11.3 Å². The molecule has 13 heteroatoms. The predicted molar refractivity (Wildman–Crippen MR) is 118 cm³/mol. The van der Waals surface area contributed by atoms with Crippen molar-refractivity contribution in [3.05, 3.63) is 46.7 Å². The number of aryl methyl sites for hydroxylation is 1. The molecule has 0 bridgehead atoms. The number of hydrogen-bond donors (Lipinski definition) is 2. The van der Waals surface area contributed by atoms with Crippen molar-refractivity contribution in [2.75, 3.05) is 5.32 Å². The standard InChI is InChI=1S/C21H17N7O5S/c1-10-18(34-9-22-10)13-7-27(26-25-13)8-16(30)23-12-4-2-3-11-17(12)21(33)28(20(11)32)14-5-6-15(29)24-19(14)31/h2-4,7,9,14H,5-6,8H2,1H3,(H,23,30)(H,24,29,31). The summed E-state index contributed by atoms with van der Waals surface area (Å²) in [6.45, 7) is 1.68. The highest BCUT2D eigenvalue weighted by Crippen LogP contribution is 2.32. The molecule has 5 rings (SSSR count). The number of hydrogen-bond acceptors (Lipinski definition) is 9. The van der Waals surface area contributed by atoms with E-state index in [1.807, 2.05) is 6.92 Å². The number of rotatable bonds is 5. The van der Waals surface area contributed by atoms with Crippen LogP contribution in [0.25, 0.3) is 10.6 Å². The van der Waals surface area contributed by atoms with Crippen molar-refractivity contribution in [1.82, 2.24) is 30.2 Å². The average molecular weight is 479 g/mol. The van der Waals surface area contributed by atoms with Gasteiger partial charge in [0, 0.05) is 6.42 Å². The highest BCUT2D eigenvalue weighted by atomic mass is 32.1. The molecule has 1 saturated heterocycles. The maximum absolute atomic E-state index is 13.1. The van der Waals surface area contributed by atoms with Crippen LogP contribution in [0.5, 0.6) is 0 Å². The lowest BCUT2D eigenvalue weighted by atomic mass is 10.0. The van der Waals surface area contributed by atoms with Gasteiger partial charge in [-0.15, -0.1) is 16.4 Å². The Balaban J connectivity index is 1.34. The molecule has 12 nitrogen and oxygen atoms in total. The van der Waals surface area contributed by atoms with Crippen molar-refractivity contribution in [2.45, 2.75) is 32.4 Å². The van der Waals surface area contributed by atoms with Crippen LogP contribution in [0.3, 0.4) is 0 Å². The molecule has 1 fully saturated rings. The molecule has 0 aliphatic carbocycles. The van der Waals surface area contributed by atoms with Crippen LogP contribution in [0.4, 0.5) is 5.69 Å². The quantitative estimate of drug-likeness (QED) is 0.508. The minimum absolute atomic E-state index is 0.00474. The monoisotopic (exact) mass is 479 g/mol. The average Bonchev–Trinajstić information content (AvgIpc) is 3.48. The van der Waals surface area contributed by atoms with Gasteiger partial charge in [0.1, 0.15) is 18.3 Å². The number of thiazole rings is 1. The molecule has 1 aromatic carbocycles. The topological polar surface area (TPSA) is 156 Å². The highest BCUT2D eigenvalue weighted by Gasteiger charge is 2.45. The summed E-state index contributed by atoms with van der Waals surface area (Å²) in [6.07, 6.45) is 1.69. The summed E-state index contributed by atoms with van der Waals surface area (Å²) < 4.78 is 1.36. The Bertz CT molecular complexity index is 1380. The Hall–Kier alpha value is -4.26. The van der Waals surface area contributed by atoms with Crippen molar-refractivity contribution < 1.29 is 24.0 Å². The maximum atomic E-state index is 13.1. The molecule has 5 amide bonds. The molecule has 2 aromatic heterocycles. The van der Waals surface area contributed by atoms with Crippen molar-refractivity contribution >= 4 is 46.6 Å². The summed E-state index contributed by atoms with van der Waals surface area (Å²) in [4.78, 5) is 68.3. The SMILES string of the molecule is Cc1ncsc1-c1cn(CC(=O)Nc2cccc3c2C(=O)N(C2CCC(=O)NC2=O)C3=O)nn1. The number of aromatic nitrogens is 4. The first-order chi connectivity index (χ1) is 16.3. The summed E-state index contributed by atoms with van der Waals surface area (Å²) in [7, 11) is 0. The molecule has 0 spiro atoms. The minimum atomic E-state index is -1.09. The van der Waals surface area contributed by atoms with Gasteiger partial charge < -0.3 is 5.32 Å². The van der Waals surface area contributed by atoms with Crippen LogP contribution in [0.2, 0.25) is 0 Å². The number of carbonyl (C=O) groups excluding carboxylic acids is 5. The van der Waals surface area contributed by atoms with Gasteiger partial charge in [0.15, 0.2) is 0 Å². The van der Waals surface area contributed by atoms with Crippen molar-refractivity contribution in [2.24, 2.45) is 0 Å². The number of carbonyl (C=O) groups is 5. The fraction of sp³-hybridized carbons (Fsp3) is 0.238. The second-order valence-electron chi connectivity index (χ2n) is 7.79. The van der Waals surface area contributed by atoms with Gasteiger partial charge in [-0.25, -0.2) is 9.67 Å². The zero-order valence-corrected chi connectivity index (χ0v) is 18.6. The maximum Gasteiger partial charge on any atom is 0.264 e. The first kappa shape index (κ1) is 21.6. The van der Waals surface area contributed by atoms with E-state index in [1.165, 1.54) is 34.2 Å². The fourth-order valence-electron chi connectivity index (χ4n) is 3.98. The van der Waals surface area contributed by atoms with E-state index in [2.05, 4.69) is 25.9 Å². The smallest absolute Gasteiger partial charge is 0.264 e. The Morgan fingerprint density at radius 2 is 2.06 bits per heavy atom. The van der Waals surface area contributed by atoms with Gasteiger partial charge >= 0.3 is 0 Å². The van der Waals surface area contributed by atoms with Gasteiger partial charge in [-0.05, 0) is 25.5 Å². The number of fused-ring (bicyclic) bond motifs is 1. The van der Waals surface area contributed by atoms with Crippen molar-refractivity contribution in [1.29, 1.82) is 0 Å². The van der Waals surface area contributed by atoms with E-state index in [9.17, 15) is 24.0 Å². The molecule has 1 atom stereocenters. The third-order valence-electron chi connectivity index (χ3n) is 5.56. The predicted octanol–water partition coefficient (Wildman–Crippen LogP) is 0.750. The Kier molecular flexibility index (Phi) is 5.24. The summed E-state index contributed by atoms with van der Waals surface area (Å²) in [5, 5.41) is 12.8. The van der Waals surface area contributed by atoms with Crippen molar-refractivity contribution in [3.8, 4) is 10.6 Å². The van der Waals surface area contributed by atoms with E-state index < -0.39 is 35.6 Å². The molecular weight excluding hydrogens is 462 g/mol. The fourth-order valence-corrected chi connectivity index (χ4v) is 4.74. The number of nitrogens with zero attached hydrogens (tertiary/aromatic N) is 5. The molecule has 34 heavy (non-hydrogen) atoms. The third-order valence-corrected chi connectivity index (χ3v) is 6.52. The summed E-state index contributed by atoms with van der Waals surface area (Å²) in [6, 6.07) is 3.41. The molecule has 2 aliphatic rings. The number of amides is 5. The van der Waals surface area contributed by atoms with E-state index >= 15 is 0 Å². The number of anilines is 1. The summed E-state index contributed by atoms with van der Waals surface area (Å²) in [5.41, 5.74) is 3.33. The van der Waals surface area contributed by atoms with Crippen LogP contribution in [0.1, 0.15) is 39.3 Å². The zero-order chi connectivity index (χ0) is 24.0. The van der Waals surface area contributed by atoms with Gasteiger partial charge in [0.2, 0.25) is 17.7 Å². The molecule has 2 aliphatic heterocycles. The molecule has 1 unspecified atom stereocenters. The molecular formula is C21H17N7O5S. The summed E-state index contributed by atoms with van der Waals surface area (Å²) >= 11 is 1.41. The molecule has 172 valence electrons. The minimum Gasteiger partial charge on any atom is -0.324 e. The van der Waals surface area contributed by atoms with E-state index in [0.717, 1.165) is 15.5 Å². The van der Waals surface area contributed by atoms with E-state index in [4.69, 9.17) is 0 Å². The first-order valence-corrected chi connectivity index (χ1v) is 11.2. The number of piperidine rings is 1. The van der Waals surface area contributed by atoms with Gasteiger partial charge in [-0.2, -0.15) is 0 Å². The summed E-state index contributed by atoms with van der Waals surface area (Å²) in [5.74, 6) is -2.98. The van der Waals surface area contributed by atoms with Crippen LogP contribution >= 0.6 is 11.3 Å². The molecule has 2 N–H and O–H groups in total. The number of nitrogens with one attached hydrogen (secondary N) is 2. The van der Waals surface area contributed by atoms with Gasteiger partial charge in [0.25, 0.3) is 11.8 Å². The van der Waals surface area contributed by atoms with E-state index in [-0.39, 0.29) is 36.2 Å². The van der Waals surface area contributed by atoms with Crippen LogP contribution in [0, 0.1) is 6.92 Å². The number of imide groups is 2. The van der Waals surface area contributed by atoms with E-state index in [0.29, 0.717) is 5.69 Å². The second-order valence-corrected chi connectivity index (χ2v) is 8.65. The third kappa shape index (κ3) is 3.65. The lowest BCUT2D eigenvalue weighted by molar-refractivity contribution is -0.136. The Labute approximate surface area is 196 Å². The van der Waals surface area contributed by atoms with Crippen LogP contribution < -0.4 is 10.6 Å². The van der Waals surface area contributed by atoms with Crippen molar-refractivity contribution in [3.63, 3.8) is 0 Å². The second kappa shape index (κ2) is 8.26. The van der Waals surface area contributed by atoms with Gasteiger partial charge in [-0.3, -0.25) is 34.2 Å². The van der Waals surface area contributed by atoms with E-state index in [1.54, 1.807) is 11.7 Å². The Morgan fingerprint density at radius 1 is 1.24 bits per heavy atom. The molecule has 0 radical (unpaired) electrons. The lowest BCUT2D eigenvalue weighted by Gasteiger charge is -2.27. The molecule has 0 saturated carbocycles.